The van der Waals surface area contributed by atoms with Gasteiger partial charge in [-0.3, -0.25) is 4.79 Å². The van der Waals surface area contributed by atoms with Crippen molar-refractivity contribution in [2.75, 3.05) is 13.6 Å². The number of amides is 1. The SMILES string of the molecule is CCN(C)C(=O)c1ccccc1I. The molecule has 0 fully saturated rings. The zero-order chi connectivity index (χ0) is 9.84. The molecule has 0 bridgehead atoms. The van der Waals surface area contributed by atoms with E-state index in [1.807, 2.05) is 38.2 Å². The van der Waals surface area contributed by atoms with Gasteiger partial charge in [0, 0.05) is 17.2 Å². The summed E-state index contributed by atoms with van der Waals surface area (Å²) in [5, 5.41) is 0. The fourth-order valence-corrected chi connectivity index (χ4v) is 1.60. The van der Waals surface area contributed by atoms with Gasteiger partial charge >= 0.3 is 0 Å². The number of hydrogen-bond donors (Lipinski definition) is 0. The van der Waals surface area contributed by atoms with Crippen LogP contribution in [-0.2, 0) is 0 Å². The molecule has 2 nitrogen and oxygen atoms in total. The highest BCUT2D eigenvalue weighted by Crippen LogP contribution is 2.12. The van der Waals surface area contributed by atoms with Crippen molar-refractivity contribution in [3.63, 3.8) is 0 Å². The van der Waals surface area contributed by atoms with Gasteiger partial charge in [-0.05, 0) is 41.6 Å². The molecule has 70 valence electrons. The molecule has 0 aliphatic rings. The molecule has 13 heavy (non-hydrogen) atoms. The Morgan fingerprint density at radius 2 is 2.08 bits per heavy atom. The standard InChI is InChI=1S/C10H12INO/c1-3-12(2)10(13)8-6-4-5-7-9(8)11/h4-7H,3H2,1-2H3. The molecule has 0 aromatic heterocycles. The Bertz CT molecular complexity index is 312. The third-order valence-electron chi connectivity index (χ3n) is 1.93. The van der Waals surface area contributed by atoms with E-state index in [2.05, 4.69) is 22.6 Å². The monoisotopic (exact) mass is 289 g/mol. The lowest BCUT2D eigenvalue weighted by atomic mass is 10.2. The quantitative estimate of drug-likeness (QED) is 0.765. The van der Waals surface area contributed by atoms with Gasteiger partial charge in [0.15, 0.2) is 0 Å². The molecule has 0 atom stereocenters. The van der Waals surface area contributed by atoms with Gasteiger partial charge in [-0.15, -0.1) is 0 Å². The second-order valence-corrected chi connectivity index (χ2v) is 3.96. The van der Waals surface area contributed by atoms with Crippen molar-refractivity contribution in [2.24, 2.45) is 0 Å². The summed E-state index contributed by atoms with van der Waals surface area (Å²) < 4.78 is 1.01. The van der Waals surface area contributed by atoms with E-state index in [1.54, 1.807) is 4.90 Å². The maximum absolute atomic E-state index is 11.7. The van der Waals surface area contributed by atoms with Gasteiger partial charge in [0.25, 0.3) is 5.91 Å². The molecule has 1 aromatic carbocycles. The number of rotatable bonds is 2. The molecule has 0 radical (unpaired) electrons. The summed E-state index contributed by atoms with van der Waals surface area (Å²) >= 11 is 2.18. The number of hydrogen-bond acceptors (Lipinski definition) is 1. The van der Waals surface area contributed by atoms with E-state index in [-0.39, 0.29) is 5.91 Å². The number of carbonyl (C=O) groups excluding carboxylic acids is 1. The van der Waals surface area contributed by atoms with Gasteiger partial charge < -0.3 is 4.90 Å². The molecule has 0 aliphatic heterocycles. The van der Waals surface area contributed by atoms with E-state index in [9.17, 15) is 4.79 Å². The third-order valence-corrected chi connectivity index (χ3v) is 2.87. The number of halogens is 1. The number of benzene rings is 1. The topological polar surface area (TPSA) is 20.3 Å². The second kappa shape index (κ2) is 4.60. The Labute approximate surface area is 92.1 Å². The van der Waals surface area contributed by atoms with E-state index in [0.29, 0.717) is 0 Å². The molecule has 0 N–H and O–H groups in total. The lowest BCUT2D eigenvalue weighted by Crippen LogP contribution is -2.26. The van der Waals surface area contributed by atoms with Gasteiger partial charge in [-0.2, -0.15) is 0 Å². The fraction of sp³-hybridized carbons (Fsp3) is 0.300. The van der Waals surface area contributed by atoms with Gasteiger partial charge in [0.05, 0.1) is 5.56 Å². The minimum absolute atomic E-state index is 0.0903. The molecule has 1 amide bonds. The normalized spacial score (nSPS) is 9.77. The summed E-state index contributed by atoms with van der Waals surface area (Å²) in [6.45, 7) is 2.71. The lowest BCUT2D eigenvalue weighted by molar-refractivity contribution is 0.0801. The summed E-state index contributed by atoms with van der Waals surface area (Å²) in [5.41, 5.74) is 0.785. The lowest BCUT2D eigenvalue weighted by Gasteiger charge is -2.15. The molecule has 3 heteroatoms. The highest BCUT2D eigenvalue weighted by atomic mass is 127. The molecular weight excluding hydrogens is 277 g/mol. The molecule has 0 spiro atoms. The van der Waals surface area contributed by atoms with Crippen molar-refractivity contribution in [3.05, 3.63) is 33.4 Å². The average Bonchev–Trinajstić information content (AvgIpc) is 2.16. The van der Waals surface area contributed by atoms with Crippen LogP contribution in [0.3, 0.4) is 0 Å². The van der Waals surface area contributed by atoms with E-state index < -0.39 is 0 Å². The maximum Gasteiger partial charge on any atom is 0.254 e. The van der Waals surface area contributed by atoms with Crippen LogP contribution in [0.15, 0.2) is 24.3 Å². The molecule has 1 aromatic rings. The predicted octanol–water partition coefficient (Wildman–Crippen LogP) is 2.38. The minimum atomic E-state index is 0.0903. The van der Waals surface area contributed by atoms with Crippen LogP contribution < -0.4 is 0 Å². The van der Waals surface area contributed by atoms with Crippen LogP contribution in [0, 0.1) is 3.57 Å². The predicted molar refractivity (Wildman–Crippen MR) is 61.8 cm³/mol. The molecule has 0 heterocycles. The molecule has 0 unspecified atom stereocenters. The first-order valence-corrected chi connectivity index (χ1v) is 5.24. The smallest absolute Gasteiger partial charge is 0.254 e. The zero-order valence-corrected chi connectivity index (χ0v) is 9.91. The Hall–Kier alpha value is -0.580. The Morgan fingerprint density at radius 3 is 2.62 bits per heavy atom. The highest BCUT2D eigenvalue weighted by Gasteiger charge is 2.11. The van der Waals surface area contributed by atoms with Crippen molar-refractivity contribution in [1.29, 1.82) is 0 Å². The van der Waals surface area contributed by atoms with Crippen LogP contribution in [0.25, 0.3) is 0 Å². The van der Waals surface area contributed by atoms with Crippen molar-refractivity contribution < 1.29 is 4.79 Å². The maximum atomic E-state index is 11.7. The van der Waals surface area contributed by atoms with Gasteiger partial charge in [0.2, 0.25) is 0 Å². The van der Waals surface area contributed by atoms with Crippen LogP contribution in [0.1, 0.15) is 17.3 Å². The second-order valence-electron chi connectivity index (χ2n) is 2.80. The van der Waals surface area contributed by atoms with E-state index >= 15 is 0 Å². The van der Waals surface area contributed by atoms with E-state index in [0.717, 1.165) is 15.7 Å². The van der Waals surface area contributed by atoms with Crippen LogP contribution in [-0.4, -0.2) is 24.4 Å². The van der Waals surface area contributed by atoms with Crippen LogP contribution in [0.2, 0.25) is 0 Å². The van der Waals surface area contributed by atoms with Crippen molar-refractivity contribution in [1.82, 2.24) is 4.90 Å². The summed E-state index contributed by atoms with van der Waals surface area (Å²) in [7, 11) is 1.81. The third kappa shape index (κ3) is 2.43. The highest BCUT2D eigenvalue weighted by molar-refractivity contribution is 14.1. The minimum Gasteiger partial charge on any atom is -0.342 e. The fourth-order valence-electron chi connectivity index (χ4n) is 0.984. The average molecular weight is 289 g/mol. The number of carbonyl (C=O) groups is 1. The van der Waals surface area contributed by atoms with Crippen molar-refractivity contribution >= 4 is 28.5 Å². The Balaban J connectivity index is 2.95. The molecule has 1 rings (SSSR count). The van der Waals surface area contributed by atoms with Crippen LogP contribution in [0.4, 0.5) is 0 Å². The summed E-state index contributed by atoms with van der Waals surface area (Å²) in [5.74, 6) is 0.0903. The van der Waals surface area contributed by atoms with Gasteiger partial charge in [-0.1, -0.05) is 12.1 Å². The first-order chi connectivity index (χ1) is 6.16. The van der Waals surface area contributed by atoms with Gasteiger partial charge in [0.1, 0.15) is 0 Å². The Kier molecular flexibility index (Phi) is 3.71. The zero-order valence-electron chi connectivity index (χ0n) is 7.75. The Morgan fingerprint density at radius 1 is 1.46 bits per heavy atom. The van der Waals surface area contributed by atoms with Gasteiger partial charge in [-0.25, -0.2) is 0 Å². The molecule has 0 saturated carbocycles. The van der Waals surface area contributed by atoms with Crippen LogP contribution >= 0.6 is 22.6 Å². The van der Waals surface area contributed by atoms with E-state index in [4.69, 9.17) is 0 Å². The van der Waals surface area contributed by atoms with Crippen molar-refractivity contribution in [3.8, 4) is 0 Å². The molecule has 0 aliphatic carbocycles. The summed E-state index contributed by atoms with van der Waals surface area (Å²) in [4.78, 5) is 13.4. The molecule has 0 saturated heterocycles. The van der Waals surface area contributed by atoms with E-state index in [1.165, 1.54) is 0 Å². The summed E-state index contributed by atoms with van der Waals surface area (Å²) in [6, 6.07) is 7.62. The van der Waals surface area contributed by atoms with Crippen molar-refractivity contribution in [2.45, 2.75) is 6.92 Å². The first kappa shape index (κ1) is 10.5. The summed E-state index contributed by atoms with van der Waals surface area (Å²) in [6.07, 6.45) is 0. The molecular formula is C10H12INO. The first-order valence-electron chi connectivity index (χ1n) is 4.16. The van der Waals surface area contributed by atoms with Crippen LogP contribution in [0.5, 0.6) is 0 Å². The number of nitrogens with zero attached hydrogens (tertiary/aromatic N) is 1. The largest absolute Gasteiger partial charge is 0.342 e.